The lowest BCUT2D eigenvalue weighted by Gasteiger charge is -2.12. The second-order valence-electron chi connectivity index (χ2n) is 5.86. The number of nitrogens with one attached hydrogen (secondary N) is 1. The summed E-state index contributed by atoms with van der Waals surface area (Å²) in [6.07, 6.45) is 0. The lowest BCUT2D eigenvalue weighted by Crippen LogP contribution is -2.22. The fraction of sp³-hybridized carbons (Fsp3) is 0.222. The number of nitro groups is 1. The summed E-state index contributed by atoms with van der Waals surface area (Å²) in [6.45, 7) is 2.74. The molecule has 0 saturated heterocycles. The molecular formula is C18H18ClN3O6. The summed E-state index contributed by atoms with van der Waals surface area (Å²) in [5.41, 5.74) is 6.97. The standard InChI is InChI=1S/C18H18ClN3O6/c1-9-4-5-14(22(25)26)17(10(9)2)21-16(23)8-28-18(24)11-6-12(19)13(20)7-15(11)27-3/h4-7H,8,20H2,1-3H3,(H,21,23). The predicted octanol–water partition coefficient (Wildman–Crippen LogP) is 3.25. The zero-order valence-corrected chi connectivity index (χ0v) is 16.1. The normalized spacial score (nSPS) is 10.3. The summed E-state index contributed by atoms with van der Waals surface area (Å²) in [4.78, 5) is 35.0. The molecule has 9 nitrogen and oxygen atoms in total. The molecule has 0 aliphatic heterocycles. The van der Waals surface area contributed by atoms with Gasteiger partial charge in [0.25, 0.3) is 11.6 Å². The number of hydrogen-bond donors (Lipinski definition) is 2. The zero-order valence-electron chi connectivity index (χ0n) is 15.4. The Bertz CT molecular complexity index is 961. The van der Waals surface area contributed by atoms with Crippen molar-refractivity contribution >= 4 is 40.5 Å². The van der Waals surface area contributed by atoms with E-state index < -0.39 is 23.4 Å². The van der Waals surface area contributed by atoms with Crippen LogP contribution in [0.15, 0.2) is 24.3 Å². The van der Waals surface area contributed by atoms with Gasteiger partial charge < -0.3 is 20.5 Å². The molecular weight excluding hydrogens is 390 g/mol. The lowest BCUT2D eigenvalue weighted by molar-refractivity contribution is -0.384. The monoisotopic (exact) mass is 407 g/mol. The van der Waals surface area contributed by atoms with Gasteiger partial charge in [-0.1, -0.05) is 17.7 Å². The fourth-order valence-electron chi connectivity index (χ4n) is 2.39. The van der Waals surface area contributed by atoms with Crippen LogP contribution in [0.4, 0.5) is 17.1 Å². The molecule has 3 N–H and O–H groups in total. The van der Waals surface area contributed by atoms with E-state index >= 15 is 0 Å². The topological polar surface area (TPSA) is 134 Å². The minimum atomic E-state index is -0.857. The largest absolute Gasteiger partial charge is 0.496 e. The van der Waals surface area contributed by atoms with Crippen LogP contribution in [0, 0.1) is 24.0 Å². The minimum Gasteiger partial charge on any atom is -0.496 e. The predicted molar refractivity (Wildman–Crippen MR) is 104 cm³/mol. The number of aryl methyl sites for hydroxylation is 1. The van der Waals surface area contributed by atoms with Crippen molar-refractivity contribution in [3.8, 4) is 5.75 Å². The first-order valence-electron chi connectivity index (χ1n) is 8.00. The Labute approximate surface area is 165 Å². The van der Waals surface area contributed by atoms with E-state index in [-0.39, 0.29) is 33.4 Å². The van der Waals surface area contributed by atoms with Crippen LogP contribution in [0.1, 0.15) is 21.5 Å². The van der Waals surface area contributed by atoms with Crippen LogP contribution in [0.2, 0.25) is 5.02 Å². The molecule has 0 aliphatic carbocycles. The number of carbonyl (C=O) groups excluding carboxylic acids is 2. The summed E-state index contributed by atoms with van der Waals surface area (Å²) in [5, 5.41) is 13.7. The molecule has 0 heterocycles. The number of nitro benzene ring substituents is 1. The maximum absolute atomic E-state index is 12.3. The molecule has 0 radical (unpaired) electrons. The average Bonchev–Trinajstić information content (AvgIpc) is 2.65. The van der Waals surface area contributed by atoms with Crippen LogP contribution in [-0.4, -0.2) is 30.5 Å². The van der Waals surface area contributed by atoms with E-state index in [4.69, 9.17) is 26.8 Å². The molecule has 2 aromatic rings. The third-order valence-corrected chi connectivity index (χ3v) is 4.38. The zero-order chi connectivity index (χ0) is 21.0. The number of esters is 1. The average molecular weight is 408 g/mol. The Balaban J connectivity index is 2.14. The third kappa shape index (κ3) is 4.49. The third-order valence-electron chi connectivity index (χ3n) is 4.05. The maximum atomic E-state index is 12.3. The highest BCUT2D eigenvalue weighted by Gasteiger charge is 2.21. The summed E-state index contributed by atoms with van der Waals surface area (Å²) < 4.78 is 10.0. The van der Waals surface area contributed by atoms with E-state index in [2.05, 4.69) is 5.32 Å². The second-order valence-corrected chi connectivity index (χ2v) is 6.26. The van der Waals surface area contributed by atoms with Gasteiger partial charge >= 0.3 is 5.97 Å². The summed E-state index contributed by atoms with van der Waals surface area (Å²) in [5.74, 6) is -1.45. The number of methoxy groups -OCH3 is 1. The minimum absolute atomic E-state index is 0.00721. The van der Waals surface area contributed by atoms with Crippen LogP contribution in [-0.2, 0) is 9.53 Å². The van der Waals surface area contributed by atoms with Gasteiger partial charge in [0.1, 0.15) is 17.0 Å². The number of rotatable bonds is 6. The quantitative estimate of drug-likeness (QED) is 0.325. The van der Waals surface area contributed by atoms with E-state index in [0.717, 1.165) is 5.56 Å². The van der Waals surface area contributed by atoms with Gasteiger partial charge in [0.05, 0.1) is 22.7 Å². The molecule has 28 heavy (non-hydrogen) atoms. The van der Waals surface area contributed by atoms with Crippen molar-refractivity contribution in [2.45, 2.75) is 13.8 Å². The van der Waals surface area contributed by atoms with Crippen molar-refractivity contribution in [3.63, 3.8) is 0 Å². The van der Waals surface area contributed by atoms with Crippen LogP contribution in [0.5, 0.6) is 5.75 Å². The number of halogens is 1. The van der Waals surface area contributed by atoms with Crippen molar-refractivity contribution in [1.29, 1.82) is 0 Å². The van der Waals surface area contributed by atoms with Crippen LogP contribution >= 0.6 is 11.6 Å². The molecule has 0 aliphatic rings. The number of anilines is 2. The van der Waals surface area contributed by atoms with Crippen molar-refractivity contribution in [2.24, 2.45) is 0 Å². The first-order chi connectivity index (χ1) is 13.1. The van der Waals surface area contributed by atoms with Crippen molar-refractivity contribution < 1.29 is 24.0 Å². The van der Waals surface area contributed by atoms with Crippen LogP contribution in [0.3, 0.4) is 0 Å². The molecule has 0 saturated carbocycles. The van der Waals surface area contributed by atoms with Crippen LogP contribution in [0.25, 0.3) is 0 Å². The number of amides is 1. The molecule has 0 atom stereocenters. The lowest BCUT2D eigenvalue weighted by atomic mass is 10.1. The van der Waals surface area contributed by atoms with E-state index in [1.807, 2.05) is 0 Å². The molecule has 10 heteroatoms. The van der Waals surface area contributed by atoms with Gasteiger partial charge in [-0.2, -0.15) is 0 Å². The summed E-state index contributed by atoms with van der Waals surface area (Å²) >= 11 is 5.90. The molecule has 2 aromatic carbocycles. The summed E-state index contributed by atoms with van der Waals surface area (Å²) in [6, 6.07) is 5.51. The van der Waals surface area contributed by atoms with E-state index in [1.165, 1.54) is 25.3 Å². The smallest absolute Gasteiger partial charge is 0.342 e. The molecule has 0 aromatic heterocycles. The molecule has 0 bridgehead atoms. The van der Waals surface area contributed by atoms with Gasteiger partial charge in [0.15, 0.2) is 6.61 Å². The number of nitrogens with two attached hydrogens (primary N) is 1. The molecule has 1 amide bonds. The Morgan fingerprint density at radius 1 is 1.29 bits per heavy atom. The number of ether oxygens (including phenoxy) is 2. The first kappa shape index (κ1) is 21.0. The van der Waals surface area contributed by atoms with Gasteiger partial charge in [0, 0.05) is 12.1 Å². The molecule has 2 rings (SSSR count). The van der Waals surface area contributed by atoms with Crippen LogP contribution < -0.4 is 15.8 Å². The van der Waals surface area contributed by atoms with E-state index in [9.17, 15) is 19.7 Å². The Hall–Kier alpha value is -3.33. The SMILES string of the molecule is COc1cc(N)c(Cl)cc1C(=O)OCC(=O)Nc1c([N+](=O)[O-])ccc(C)c1C. The van der Waals surface area contributed by atoms with Gasteiger partial charge in [-0.25, -0.2) is 4.79 Å². The number of benzene rings is 2. The van der Waals surface area contributed by atoms with Gasteiger partial charge in [-0.3, -0.25) is 14.9 Å². The Kier molecular flexibility index (Phi) is 6.42. The van der Waals surface area contributed by atoms with Crippen molar-refractivity contribution in [2.75, 3.05) is 24.8 Å². The van der Waals surface area contributed by atoms with Crippen molar-refractivity contribution in [1.82, 2.24) is 0 Å². The highest BCUT2D eigenvalue weighted by molar-refractivity contribution is 6.33. The molecule has 0 fully saturated rings. The molecule has 148 valence electrons. The maximum Gasteiger partial charge on any atom is 0.342 e. The second kappa shape index (κ2) is 8.57. The Morgan fingerprint density at radius 2 is 1.96 bits per heavy atom. The highest BCUT2D eigenvalue weighted by atomic mass is 35.5. The van der Waals surface area contributed by atoms with E-state index in [1.54, 1.807) is 19.9 Å². The van der Waals surface area contributed by atoms with Gasteiger partial charge in [0.2, 0.25) is 0 Å². The molecule has 0 unspecified atom stereocenters. The van der Waals surface area contributed by atoms with Gasteiger partial charge in [-0.05, 0) is 31.0 Å². The van der Waals surface area contributed by atoms with E-state index in [0.29, 0.717) is 5.56 Å². The first-order valence-corrected chi connectivity index (χ1v) is 8.38. The number of hydrogen-bond acceptors (Lipinski definition) is 7. The summed E-state index contributed by atoms with van der Waals surface area (Å²) in [7, 11) is 1.34. The molecule has 0 spiro atoms. The number of carbonyl (C=O) groups is 2. The Morgan fingerprint density at radius 3 is 2.57 bits per heavy atom. The fourth-order valence-corrected chi connectivity index (χ4v) is 2.56. The highest BCUT2D eigenvalue weighted by Crippen LogP contribution is 2.31. The van der Waals surface area contributed by atoms with Crippen molar-refractivity contribution in [3.05, 3.63) is 56.1 Å². The number of nitrogen functional groups attached to an aromatic ring is 1. The van der Waals surface area contributed by atoms with Gasteiger partial charge in [-0.15, -0.1) is 0 Å². The number of nitrogens with zero attached hydrogens (tertiary/aromatic N) is 1.